The molecule has 7 rings (SSSR count). The third-order valence-electron chi connectivity index (χ3n) is 9.15. The van der Waals surface area contributed by atoms with Crippen LogP contribution in [0.15, 0.2) is 145 Å². The molecule has 0 saturated heterocycles. The van der Waals surface area contributed by atoms with Gasteiger partial charge in [-0.1, -0.05) is 183 Å². The maximum absolute atomic E-state index is 2.65. The monoisotopic (exact) mass is 666 g/mol. The predicted octanol–water partition coefficient (Wildman–Crippen LogP) is 7.50. The number of thiophene rings is 2. The summed E-state index contributed by atoms with van der Waals surface area (Å²) >= 11 is 4.17. The molecule has 45 heavy (non-hydrogen) atoms. The van der Waals surface area contributed by atoms with E-state index in [0.29, 0.717) is 0 Å². The molecule has 3 heterocycles. The van der Waals surface area contributed by atoms with Crippen LogP contribution in [0.25, 0.3) is 21.9 Å². The Labute approximate surface area is 279 Å². The Morgan fingerprint density at radius 3 is 1.16 bits per heavy atom. The van der Waals surface area contributed by atoms with Crippen LogP contribution < -0.4 is 29.7 Å². The molecule has 0 nitrogen and oxygen atoms in total. The normalized spacial score (nSPS) is 14.2. The molecule has 0 fully saturated rings. The molecule has 0 atom stereocenters. The summed E-state index contributed by atoms with van der Waals surface area (Å²) in [6.07, 6.45) is 4.69. The maximum atomic E-state index is 2.65. The highest BCUT2D eigenvalue weighted by atomic mass is 32.1. The number of fused-ring (bicyclic) bond motifs is 3. The van der Waals surface area contributed by atoms with E-state index in [1.54, 1.807) is 19.4 Å². The molecule has 4 aromatic carbocycles. The Morgan fingerprint density at radius 2 is 0.800 bits per heavy atom. The topological polar surface area (TPSA) is 0 Å². The fraction of sp³-hybridized carbons (Fsp3) is 0.100. The molecule has 222 valence electrons. The van der Waals surface area contributed by atoms with Gasteiger partial charge in [0, 0.05) is 9.75 Å². The Kier molecular flexibility index (Phi) is 8.00. The summed E-state index contributed by atoms with van der Waals surface area (Å²) in [6.45, 7) is 10.0. The van der Waals surface area contributed by atoms with Crippen LogP contribution in [0.5, 0.6) is 0 Å². The highest BCUT2D eigenvalue weighted by molar-refractivity contribution is 7.41. The molecule has 0 unspecified atom stereocenters. The second-order valence-corrected chi connectivity index (χ2v) is 28.3. The maximum Gasteiger partial charge on any atom is 0.182 e. The Bertz CT molecular complexity index is 1840. The van der Waals surface area contributed by atoms with E-state index < -0.39 is 24.2 Å². The third kappa shape index (κ3) is 5.47. The quantitative estimate of drug-likeness (QED) is 0.147. The zero-order chi connectivity index (χ0) is 31.1. The lowest BCUT2D eigenvalue weighted by molar-refractivity contribution is 1.66. The fourth-order valence-corrected chi connectivity index (χ4v) is 20.8. The summed E-state index contributed by atoms with van der Waals surface area (Å²) in [6, 6.07) is 49.7. The standard InChI is InChI=1S/C40H38S2Si3/c1-43(2,27-25-31-17-9-5-10-18-31)37-29-35-39(41-37)40-36(30-38(42-40)44(3,4)28-26-32-19-11-6-12-20-32)45(35,33-21-13-7-14-22-33)34-23-15-8-16-24-34/h5-30H,1-4H3/b27-25+,28-26+. The van der Waals surface area contributed by atoms with Gasteiger partial charge in [0.2, 0.25) is 0 Å². The number of benzene rings is 4. The first-order chi connectivity index (χ1) is 21.8. The molecule has 0 amide bonds. The molecule has 1 aliphatic rings. The van der Waals surface area contributed by atoms with E-state index in [9.17, 15) is 0 Å². The smallest absolute Gasteiger partial charge is 0.144 e. The largest absolute Gasteiger partial charge is 0.182 e. The molecule has 0 N–H and O–H groups in total. The van der Waals surface area contributed by atoms with Crippen LogP contribution in [0.1, 0.15) is 11.1 Å². The first-order valence-corrected chi connectivity index (χ1v) is 25.5. The summed E-state index contributed by atoms with van der Waals surface area (Å²) in [5, 5.41) is 6.17. The molecule has 6 aromatic rings. The van der Waals surface area contributed by atoms with Crippen molar-refractivity contribution < 1.29 is 0 Å². The van der Waals surface area contributed by atoms with Crippen LogP contribution in [-0.4, -0.2) is 24.2 Å². The Balaban J connectivity index is 1.43. The molecule has 1 aliphatic heterocycles. The molecule has 5 heteroatoms. The van der Waals surface area contributed by atoms with Crippen molar-refractivity contribution in [3.05, 3.63) is 156 Å². The van der Waals surface area contributed by atoms with E-state index in [-0.39, 0.29) is 0 Å². The summed E-state index contributed by atoms with van der Waals surface area (Å²) < 4.78 is 3.15. The number of hydrogen-bond donors (Lipinski definition) is 0. The lowest BCUT2D eigenvalue weighted by Gasteiger charge is -2.30. The van der Waals surface area contributed by atoms with Gasteiger partial charge < -0.3 is 0 Å². The van der Waals surface area contributed by atoms with Gasteiger partial charge in [0.05, 0.1) is 0 Å². The highest BCUT2D eigenvalue weighted by Crippen LogP contribution is 2.36. The first-order valence-electron chi connectivity index (χ1n) is 15.7. The summed E-state index contributed by atoms with van der Waals surface area (Å²) in [4.78, 5) is 3.06. The fourth-order valence-electron chi connectivity index (χ4n) is 6.52. The third-order valence-corrected chi connectivity index (χ3v) is 25.0. The van der Waals surface area contributed by atoms with Crippen molar-refractivity contribution in [1.82, 2.24) is 0 Å². The summed E-state index contributed by atoms with van der Waals surface area (Å²) in [5.74, 6) is 0. The highest BCUT2D eigenvalue weighted by Gasteiger charge is 2.52. The zero-order valence-corrected chi connectivity index (χ0v) is 31.0. The minimum atomic E-state index is -2.50. The van der Waals surface area contributed by atoms with Gasteiger partial charge in [0.15, 0.2) is 8.07 Å². The van der Waals surface area contributed by atoms with Crippen molar-refractivity contribution in [2.75, 3.05) is 0 Å². The van der Waals surface area contributed by atoms with Crippen LogP contribution in [0.4, 0.5) is 0 Å². The molecule has 0 aliphatic carbocycles. The van der Waals surface area contributed by atoms with E-state index in [1.807, 2.05) is 0 Å². The average molecular weight is 667 g/mol. The minimum absolute atomic E-state index is 1.28. The van der Waals surface area contributed by atoms with Crippen LogP contribution in [0.3, 0.4) is 0 Å². The Morgan fingerprint density at radius 1 is 0.467 bits per heavy atom. The summed E-state index contributed by atoms with van der Waals surface area (Å²) in [5.41, 5.74) is 7.62. The van der Waals surface area contributed by atoms with E-state index >= 15 is 0 Å². The first kappa shape index (κ1) is 30.1. The van der Waals surface area contributed by atoms with Crippen LogP contribution >= 0.6 is 22.7 Å². The number of hydrogen-bond acceptors (Lipinski definition) is 2. The number of rotatable bonds is 8. The van der Waals surface area contributed by atoms with Crippen molar-refractivity contribution >= 4 is 88.8 Å². The molecule has 0 spiro atoms. The van der Waals surface area contributed by atoms with Crippen LogP contribution in [0.2, 0.25) is 26.2 Å². The van der Waals surface area contributed by atoms with Gasteiger partial charge in [0.1, 0.15) is 16.1 Å². The predicted molar refractivity (Wildman–Crippen MR) is 210 cm³/mol. The van der Waals surface area contributed by atoms with E-state index in [4.69, 9.17) is 0 Å². The average Bonchev–Trinajstić information content (AvgIpc) is 3.77. The Hall–Kier alpha value is -3.59. The van der Waals surface area contributed by atoms with E-state index in [0.717, 1.165) is 0 Å². The summed E-state index contributed by atoms with van der Waals surface area (Å²) in [7, 11) is -6.22. The van der Waals surface area contributed by atoms with Gasteiger partial charge in [-0.2, -0.15) is 0 Å². The zero-order valence-electron chi connectivity index (χ0n) is 26.3. The SMILES string of the molecule is C[Si](C)(/C=C/c1ccccc1)c1cc2c(s1)-c1sc([Si](C)(C)/C=C/c3ccccc3)cc1[Si]2(c1ccccc1)c1ccccc1. The van der Waals surface area contributed by atoms with Crippen LogP contribution in [-0.2, 0) is 0 Å². The van der Waals surface area contributed by atoms with E-state index in [2.05, 4.69) is 206 Å². The van der Waals surface area contributed by atoms with Crippen molar-refractivity contribution in [1.29, 1.82) is 0 Å². The molecular formula is C40H38S2Si3. The lowest BCUT2D eigenvalue weighted by Crippen LogP contribution is -2.73. The van der Waals surface area contributed by atoms with Gasteiger partial charge in [-0.3, -0.25) is 0 Å². The second-order valence-electron chi connectivity index (χ2n) is 13.1. The van der Waals surface area contributed by atoms with Gasteiger partial charge in [-0.15, -0.1) is 22.7 Å². The second kappa shape index (κ2) is 12.0. The van der Waals surface area contributed by atoms with Gasteiger partial charge in [0.25, 0.3) is 0 Å². The van der Waals surface area contributed by atoms with Crippen molar-refractivity contribution in [2.45, 2.75) is 26.2 Å². The van der Waals surface area contributed by atoms with Gasteiger partial charge in [-0.25, -0.2) is 0 Å². The molecule has 0 bridgehead atoms. The molecule has 2 aromatic heterocycles. The van der Waals surface area contributed by atoms with Crippen LogP contribution in [0, 0.1) is 0 Å². The molecule has 0 saturated carbocycles. The molecular weight excluding hydrogens is 629 g/mol. The van der Waals surface area contributed by atoms with Crippen molar-refractivity contribution in [3.8, 4) is 9.75 Å². The van der Waals surface area contributed by atoms with Crippen molar-refractivity contribution in [2.24, 2.45) is 0 Å². The minimum Gasteiger partial charge on any atom is -0.144 e. The lowest BCUT2D eigenvalue weighted by atomic mass is 10.2. The molecule has 0 radical (unpaired) electrons. The van der Waals surface area contributed by atoms with Gasteiger partial charge >= 0.3 is 0 Å². The van der Waals surface area contributed by atoms with Gasteiger partial charge in [-0.05, 0) is 40.9 Å². The van der Waals surface area contributed by atoms with E-state index in [1.165, 1.54) is 31.3 Å². The van der Waals surface area contributed by atoms with Crippen molar-refractivity contribution in [3.63, 3.8) is 0 Å².